The minimum absolute atomic E-state index is 0.00575. The number of H-pyrrole nitrogens is 1. The van der Waals surface area contributed by atoms with Gasteiger partial charge >= 0.3 is 0 Å². The fraction of sp³-hybridized carbons (Fsp3) is 0.132. The van der Waals surface area contributed by atoms with Crippen LogP contribution in [-0.2, 0) is 16.5 Å². The van der Waals surface area contributed by atoms with Crippen molar-refractivity contribution >= 4 is 71.6 Å². The van der Waals surface area contributed by atoms with Gasteiger partial charge in [0.1, 0.15) is 16.3 Å². The van der Waals surface area contributed by atoms with Gasteiger partial charge in [0.2, 0.25) is 0 Å². The third-order valence-electron chi connectivity index (χ3n) is 8.86. The van der Waals surface area contributed by atoms with Crippen molar-refractivity contribution in [3.8, 4) is 11.5 Å². The number of carbonyl (C=O) groups excluding carboxylic acids is 1. The van der Waals surface area contributed by atoms with Crippen LogP contribution in [0.4, 0.5) is 17.1 Å². The number of aromatic nitrogens is 1. The summed E-state index contributed by atoms with van der Waals surface area (Å²) in [6, 6.07) is 18.2. The number of carbonyl (C=O) groups is 1. The van der Waals surface area contributed by atoms with E-state index in [9.17, 15) is 22.9 Å². The molecule has 0 fully saturated rings. The molecule has 0 radical (unpaired) electrons. The smallest absolute Gasteiger partial charge is 0.295 e. The van der Waals surface area contributed by atoms with Gasteiger partial charge in [-0.1, -0.05) is 42.5 Å². The predicted molar refractivity (Wildman–Crippen MR) is 192 cm³/mol. The van der Waals surface area contributed by atoms with Crippen LogP contribution in [-0.4, -0.2) is 36.1 Å². The number of nitrogens with zero attached hydrogens (tertiary/aromatic N) is 2. The second-order valence-electron chi connectivity index (χ2n) is 12.1. The molecule has 246 valence electrons. The van der Waals surface area contributed by atoms with E-state index in [2.05, 4.69) is 38.8 Å². The molecule has 0 spiro atoms. The lowest BCUT2D eigenvalue weighted by Crippen LogP contribution is -2.13. The maximum Gasteiger partial charge on any atom is 0.295 e. The molecule has 0 aliphatic heterocycles. The first-order chi connectivity index (χ1) is 23.4. The minimum atomic E-state index is -4.51. The number of nitrogens with one attached hydrogen (secondary N) is 2. The summed E-state index contributed by atoms with van der Waals surface area (Å²) in [5.41, 5.74) is 6.55. The van der Waals surface area contributed by atoms with Crippen molar-refractivity contribution in [3.63, 3.8) is 0 Å². The second-order valence-corrected chi connectivity index (χ2v) is 13.5. The van der Waals surface area contributed by atoms with Crippen LogP contribution in [0.2, 0.25) is 0 Å². The van der Waals surface area contributed by atoms with E-state index < -0.39 is 16.0 Å². The summed E-state index contributed by atoms with van der Waals surface area (Å²) < 4.78 is 39.3. The van der Waals surface area contributed by atoms with Gasteiger partial charge in [-0.3, -0.25) is 9.35 Å². The van der Waals surface area contributed by atoms with Gasteiger partial charge in [-0.05, 0) is 97.3 Å². The normalized spacial score (nSPS) is 13.2. The third-order valence-corrected chi connectivity index (χ3v) is 9.77. The van der Waals surface area contributed by atoms with Crippen molar-refractivity contribution in [2.75, 3.05) is 12.4 Å². The highest BCUT2D eigenvalue weighted by molar-refractivity contribution is 7.86. The van der Waals surface area contributed by atoms with E-state index in [0.717, 1.165) is 38.9 Å². The van der Waals surface area contributed by atoms with Crippen LogP contribution in [0.25, 0.3) is 38.5 Å². The highest BCUT2D eigenvalue weighted by Crippen LogP contribution is 2.46. The molecular formula is C38H32N4O6S. The van der Waals surface area contributed by atoms with E-state index in [1.165, 1.54) is 12.1 Å². The molecule has 0 unspecified atom stereocenters. The lowest BCUT2D eigenvalue weighted by molar-refractivity contribution is 0.102. The molecule has 11 heteroatoms. The van der Waals surface area contributed by atoms with Crippen molar-refractivity contribution in [1.82, 2.24) is 4.98 Å². The number of aromatic amines is 1. The summed E-state index contributed by atoms with van der Waals surface area (Å²) in [4.78, 5) is 17.1. The van der Waals surface area contributed by atoms with Crippen molar-refractivity contribution in [2.45, 2.75) is 32.1 Å². The first kappa shape index (κ1) is 31.8. The van der Waals surface area contributed by atoms with Gasteiger partial charge < -0.3 is 20.1 Å². The fourth-order valence-electron chi connectivity index (χ4n) is 6.55. The van der Waals surface area contributed by atoms with Gasteiger partial charge in [-0.2, -0.15) is 8.42 Å². The summed E-state index contributed by atoms with van der Waals surface area (Å²) in [7, 11) is -2.94. The lowest BCUT2D eigenvalue weighted by Gasteiger charge is -2.14. The Morgan fingerprint density at radius 3 is 2.45 bits per heavy atom. The Balaban J connectivity index is 1.47. The van der Waals surface area contributed by atoms with Gasteiger partial charge in [0.25, 0.3) is 16.0 Å². The molecule has 1 amide bonds. The molecular weight excluding hydrogens is 641 g/mol. The van der Waals surface area contributed by atoms with Crippen LogP contribution in [0.3, 0.4) is 0 Å². The zero-order valence-electron chi connectivity index (χ0n) is 27.1. The number of phenolic OH excluding ortho intramolecular Hbond substituents is 1. The maximum atomic E-state index is 13.8. The number of allylic oxidation sites excluding steroid dienone is 3. The predicted octanol–water partition coefficient (Wildman–Crippen LogP) is 9.24. The fourth-order valence-corrected chi connectivity index (χ4v) is 7.25. The van der Waals surface area contributed by atoms with E-state index in [4.69, 9.17) is 4.74 Å². The Labute approximate surface area is 282 Å². The number of aryl methyl sites for hydroxylation is 2. The molecule has 0 saturated carbocycles. The topological polar surface area (TPSA) is 153 Å². The number of hydrogen-bond acceptors (Lipinski definition) is 7. The van der Waals surface area contributed by atoms with Gasteiger partial charge in [-0.25, -0.2) is 0 Å². The van der Waals surface area contributed by atoms with Crippen LogP contribution in [0, 0.1) is 13.8 Å². The number of ether oxygens (including phenoxy) is 1. The number of fused-ring (bicyclic) bond motifs is 6. The number of azo groups is 1. The molecule has 0 saturated heterocycles. The Hall–Kier alpha value is -5.78. The summed E-state index contributed by atoms with van der Waals surface area (Å²) in [5.74, 6) is -0.274. The van der Waals surface area contributed by atoms with Crippen LogP contribution in [0.5, 0.6) is 11.5 Å². The standard InChI is InChI=1S/C38H32N4O6S/c1-20-8-7-11-27-31(16-20)39-35-33(27)22(3)17-23-19-28(38(44)40-29-13-12-24(48-4)18-21(29)2)37(43)36(34(23)35)42-41-30-14-15-32(49(45,46)47)26-10-6-5-9-25(26)30/h5-10,12-19,39,43H,11H2,1-4H3,(H,40,44)(H,45,46,47). The molecule has 1 aliphatic carbocycles. The number of phenols is 1. The molecule has 49 heavy (non-hydrogen) atoms. The summed E-state index contributed by atoms with van der Waals surface area (Å²) in [6.45, 7) is 5.88. The number of aromatic hydroxyl groups is 1. The minimum Gasteiger partial charge on any atom is -0.505 e. The summed E-state index contributed by atoms with van der Waals surface area (Å²) >= 11 is 0. The second kappa shape index (κ2) is 12.0. The molecule has 1 aromatic heterocycles. The van der Waals surface area contributed by atoms with Crippen molar-refractivity contribution in [3.05, 3.63) is 112 Å². The van der Waals surface area contributed by atoms with Crippen molar-refractivity contribution in [1.29, 1.82) is 0 Å². The van der Waals surface area contributed by atoms with Crippen molar-refractivity contribution < 1.29 is 27.6 Å². The maximum absolute atomic E-state index is 13.8. The van der Waals surface area contributed by atoms with Crippen LogP contribution in [0.1, 0.15) is 39.7 Å². The Morgan fingerprint density at radius 1 is 0.939 bits per heavy atom. The molecule has 6 aromatic rings. The van der Waals surface area contributed by atoms with E-state index in [0.29, 0.717) is 39.7 Å². The highest BCUT2D eigenvalue weighted by atomic mass is 32.2. The monoisotopic (exact) mass is 672 g/mol. The molecule has 10 nitrogen and oxygen atoms in total. The Kier molecular flexibility index (Phi) is 7.81. The number of benzene rings is 5. The van der Waals surface area contributed by atoms with E-state index in [1.54, 1.807) is 55.6 Å². The van der Waals surface area contributed by atoms with E-state index >= 15 is 0 Å². The first-order valence-electron chi connectivity index (χ1n) is 15.5. The number of methoxy groups -OCH3 is 1. The Bertz CT molecular complexity index is 2580. The Morgan fingerprint density at radius 2 is 1.71 bits per heavy atom. The van der Waals surface area contributed by atoms with Gasteiger partial charge in [0.15, 0.2) is 5.75 Å². The van der Waals surface area contributed by atoms with Gasteiger partial charge in [0, 0.05) is 32.9 Å². The molecule has 0 atom stereocenters. The van der Waals surface area contributed by atoms with Crippen LogP contribution < -0.4 is 10.1 Å². The molecule has 1 aliphatic rings. The quantitative estimate of drug-likeness (QED) is 0.102. The number of hydrogen-bond donors (Lipinski definition) is 4. The average molecular weight is 673 g/mol. The molecule has 7 rings (SSSR count). The van der Waals surface area contributed by atoms with Gasteiger partial charge in [0.05, 0.1) is 23.9 Å². The number of anilines is 1. The molecule has 4 N–H and O–H groups in total. The largest absolute Gasteiger partial charge is 0.505 e. The SMILES string of the molecule is COc1ccc(NC(=O)c2cc3cc(C)c4c5c([nH]c4c3c(N=Nc3ccc(S(=O)(=O)O)c4ccccc34)c2O)C=C(C)C=CC5)c(C)c1. The number of rotatable bonds is 6. The van der Waals surface area contributed by atoms with Gasteiger partial charge in [-0.15, -0.1) is 10.2 Å². The highest BCUT2D eigenvalue weighted by Gasteiger charge is 2.24. The van der Waals surface area contributed by atoms with Crippen molar-refractivity contribution in [2.24, 2.45) is 10.2 Å². The lowest BCUT2D eigenvalue weighted by atomic mass is 9.95. The molecule has 5 aromatic carbocycles. The first-order valence-corrected chi connectivity index (χ1v) is 16.9. The zero-order chi connectivity index (χ0) is 34.6. The van der Waals surface area contributed by atoms with Crippen LogP contribution >= 0.6 is 0 Å². The van der Waals surface area contributed by atoms with Crippen LogP contribution in [0.15, 0.2) is 99.6 Å². The average Bonchev–Trinajstić information content (AvgIpc) is 3.31. The molecule has 0 bridgehead atoms. The summed E-state index contributed by atoms with van der Waals surface area (Å²) in [6.07, 6.45) is 6.97. The zero-order valence-corrected chi connectivity index (χ0v) is 27.9. The molecule has 1 heterocycles. The van der Waals surface area contributed by atoms with E-state index in [-0.39, 0.29) is 27.3 Å². The summed E-state index contributed by atoms with van der Waals surface area (Å²) in [5, 5.41) is 26.7. The third kappa shape index (κ3) is 5.62. The number of amides is 1. The van der Waals surface area contributed by atoms with E-state index in [1.807, 2.05) is 26.8 Å².